The van der Waals surface area contributed by atoms with E-state index in [0.717, 1.165) is 31.9 Å². The first-order chi connectivity index (χ1) is 12.6. The van der Waals surface area contributed by atoms with Crippen LogP contribution < -0.4 is 10.1 Å². The lowest BCUT2D eigenvalue weighted by atomic mass is 9.96. The molecule has 0 aliphatic carbocycles. The highest BCUT2D eigenvalue weighted by atomic mass is 16.5. The zero-order valence-corrected chi connectivity index (χ0v) is 15.9. The van der Waals surface area contributed by atoms with Gasteiger partial charge in [-0.2, -0.15) is 4.98 Å². The average molecular weight is 366 g/mol. The van der Waals surface area contributed by atoms with Crippen LogP contribution >= 0.6 is 0 Å². The lowest BCUT2D eigenvalue weighted by Crippen LogP contribution is -2.64. The zero-order valence-electron chi connectivity index (χ0n) is 15.9. The smallest absolute Gasteiger partial charge is 0.218 e. The molecule has 2 atom stereocenters. The maximum Gasteiger partial charge on any atom is 0.218 e. The first-order valence-corrected chi connectivity index (χ1v) is 9.24. The number of methoxy groups -OCH3 is 1. The van der Waals surface area contributed by atoms with E-state index in [0.29, 0.717) is 31.5 Å². The predicted octanol–water partition coefficient (Wildman–Crippen LogP) is 0.873. The number of likely N-dealkylation sites (N-methyl/N-ethyl adjacent to an activating group) is 1. The summed E-state index contributed by atoms with van der Waals surface area (Å²) in [4.78, 5) is 11.4. The molecule has 0 radical (unpaired) electrons. The second kappa shape index (κ2) is 8.47. The number of hydrogen-bond acceptors (Lipinski definition) is 8. The molecule has 2 fully saturated rings. The molecule has 1 aromatic rings. The monoisotopic (exact) mass is 366 g/mol. The van der Waals surface area contributed by atoms with E-state index >= 15 is 0 Å². The van der Waals surface area contributed by atoms with Crippen molar-refractivity contribution in [3.63, 3.8) is 0 Å². The Balaban J connectivity index is 1.76. The van der Waals surface area contributed by atoms with Crippen LogP contribution in [0.2, 0.25) is 0 Å². The van der Waals surface area contributed by atoms with E-state index in [1.165, 1.54) is 0 Å². The number of ether oxygens (including phenoxy) is 3. The third-order valence-electron chi connectivity index (χ3n) is 5.55. The fraction of sp³-hybridized carbons (Fsp3) is 0.778. The van der Waals surface area contributed by atoms with Crippen LogP contribution in [0.25, 0.3) is 0 Å². The fourth-order valence-corrected chi connectivity index (χ4v) is 3.52. The van der Waals surface area contributed by atoms with E-state index in [1.54, 1.807) is 13.2 Å². The topological polar surface area (TPSA) is 89.0 Å². The van der Waals surface area contributed by atoms with Gasteiger partial charge >= 0.3 is 0 Å². The minimum absolute atomic E-state index is 0.00980. The predicted molar refractivity (Wildman–Crippen MR) is 97.7 cm³/mol. The Morgan fingerprint density at radius 3 is 2.81 bits per heavy atom. The molecule has 0 amide bonds. The number of anilines is 1. The van der Waals surface area contributed by atoms with Gasteiger partial charge < -0.3 is 24.6 Å². The number of nitrogens with one attached hydrogen (secondary N) is 1. The van der Waals surface area contributed by atoms with Crippen LogP contribution in [-0.2, 0) is 9.47 Å². The summed E-state index contributed by atoms with van der Waals surface area (Å²) in [6, 6.07) is 2.04. The van der Waals surface area contributed by atoms with Crippen molar-refractivity contribution in [2.75, 3.05) is 59.1 Å². The summed E-state index contributed by atoms with van der Waals surface area (Å²) >= 11 is 0. The summed E-state index contributed by atoms with van der Waals surface area (Å²) in [5.41, 5.74) is -0.477. The van der Waals surface area contributed by atoms with Crippen molar-refractivity contribution < 1.29 is 19.3 Å². The molecule has 146 valence electrons. The van der Waals surface area contributed by atoms with Crippen molar-refractivity contribution in [2.45, 2.75) is 37.3 Å². The fourth-order valence-electron chi connectivity index (χ4n) is 3.52. The lowest BCUT2D eigenvalue weighted by molar-refractivity contribution is -0.101. The Kier molecular flexibility index (Phi) is 6.29. The highest BCUT2D eigenvalue weighted by Crippen LogP contribution is 2.28. The highest BCUT2D eigenvalue weighted by Gasteiger charge is 2.40. The quantitative estimate of drug-likeness (QED) is 0.767. The van der Waals surface area contributed by atoms with Crippen molar-refractivity contribution in [2.24, 2.45) is 0 Å². The maximum absolute atomic E-state index is 10.0. The van der Waals surface area contributed by atoms with Gasteiger partial charge in [-0.05, 0) is 26.8 Å². The van der Waals surface area contributed by atoms with Crippen LogP contribution in [0.4, 0.5) is 5.82 Å². The van der Waals surface area contributed by atoms with E-state index in [-0.39, 0.29) is 18.6 Å². The third-order valence-corrected chi connectivity index (χ3v) is 5.55. The van der Waals surface area contributed by atoms with Crippen molar-refractivity contribution >= 4 is 5.82 Å². The van der Waals surface area contributed by atoms with Crippen molar-refractivity contribution in [1.29, 1.82) is 0 Å². The molecular weight excluding hydrogens is 336 g/mol. The first-order valence-electron chi connectivity index (χ1n) is 9.24. The van der Waals surface area contributed by atoms with Crippen LogP contribution in [0.5, 0.6) is 5.88 Å². The summed E-state index contributed by atoms with van der Waals surface area (Å²) in [7, 11) is 3.64. The van der Waals surface area contributed by atoms with Gasteiger partial charge in [0.15, 0.2) is 0 Å². The van der Waals surface area contributed by atoms with Crippen LogP contribution in [-0.4, -0.2) is 85.3 Å². The Morgan fingerprint density at radius 2 is 2.12 bits per heavy atom. The Bertz CT molecular complexity index is 597. The van der Waals surface area contributed by atoms with Gasteiger partial charge in [-0.3, -0.25) is 4.90 Å². The average Bonchev–Trinajstić information content (AvgIpc) is 2.70. The molecule has 0 bridgehead atoms. The number of aliphatic hydroxyl groups excluding tert-OH is 1. The number of rotatable bonds is 6. The van der Waals surface area contributed by atoms with Crippen molar-refractivity contribution in [1.82, 2.24) is 14.9 Å². The standard InChI is InChI=1S/C18H30N4O4/c1-13-9-26-12-18(11-23,22(13)2)10-19-15-8-16(24-3)21-17(20-15)14-4-6-25-7-5-14/h8,13-14,23H,4-7,9-12H2,1-3H3,(H,19,20,21)/t13-,18+/m1/s1. The maximum atomic E-state index is 10.0. The van der Waals surface area contributed by atoms with E-state index in [9.17, 15) is 5.11 Å². The molecule has 0 unspecified atom stereocenters. The van der Waals surface area contributed by atoms with Gasteiger partial charge in [0.2, 0.25) is 5.88 Å². The molecule has 2 aliphatic heterocycles. The summed E-state index contributed by atoms with van der Waals surface area (Å²) in [6.07, 6.45) is 1.84. The van der Waals surface area contributed by atoms with Crippen LogP contribution in [0.15, 0.2) is 6.07 Å². The SMILES string of the molecule is COc1cc(NC[C@]2(CO)COC[C@@H](C)N2C)nc(C2CCOCC2)n1. The van der Waals surface area contributed by atoms with Gasteiger partial charge in [-0.15, -0.1) is 0 Å². The number of aromatic nitrogens is 2. The van der Waals surface area contributed by atoms with Crippen molar-refractivity contribution in [3.05, 3.63) is 11.9 Å². The molecule has 8 heteroatoms. The molecule has 0 spiro atoms. The molecule has 2 aliphatic rings. The van der Waals surface area contributed by atoms with Gasteiger partial charge in [-0.1, -0.05) is 0 Å². The number of nitrogens with zero attached hydrogens (tertiary/aromatic N) is 3. The molecular formula is C18H30N4O4. The molecule has 2 saturated heterocycles. The largest absolute Gasteiger partial charge is 0.481 e. The molecule has 0 aromatic carbocycles. The summed E-state index contributed by atoms with van der Waals surface area (Å²) in [5, 5.41) is 13.4. The molecule has 1 aromatic heterocycles. The Morgan fingerprint density at radius 1 is 1.35 bits per heavy atom. The third kappa shape index (κ3) is 4.09. The zero-order chi connectivity index (χ0) is 18.6. The molecule has 2 N–H and O–H groups in total. The van der Waals surface area contributed by atoms with E-state index in [4.69, 9.17) is 19.2 Å². The van der Waals surface area contributed by atoms with Crippen molar-refractivity contribution in [3.8, 4) is 5.88 Å². The second-order valence-corrected chi connectivity index (χ2v) is 7.25. The summed E-state index contributed by atoms with van der Waals surface area (Å²) in [5.74, 6) is 2.32. The minimum Gasteiger partial charge on any atom is -0.481 e. The number of aliphatic hydroxyl groups is 1. The summed E-state index contributed by atoms with van der Waals surface area (Å²) < 4.78 is 16.5. The van der Waals surface area contributed by atoms with E-state index < -0.39 is 5.54 Å². The lowest BCUT2D eigenvalue weighted by Gasteiger charge is -2.47. The minimum atomic E-state index is -0.477. The molecule has 0 saturated carbocycles. The van der Waals surface area contributed by atoms with Crippen LogP contribution in [0.1, 0.15) is 31.5 Å². The van der Waals surface area contributed by atoms with Gasteiger partial charge in [0.05, 0.1) is 32.5 Å². The second-order valence-electron chi connectivity index (χ2n) is 7.25. The normalized spacial score (nSPS) is 28.1. The highest BCUT2D eigenvalue weighted by molar-refractivity contribution is 5.39. The van der Waals surface area contributed by atoms with Crippen LogP contribution in [0, 0.1) is 0 Å². The Hall–Kier alpha value is -1.48. The molecule has 8 nitrogen and oxygen atoms in total. The number of hydrogen-bond donors (Lipinski definition) is 2. The molecule has 3 heterocycles. The number of morpholine rings is 1. The van der Waals surface area contributed by atoms with E-state index in [1.807, 2.05) is 7.05 Å². The van der Waals surface area contributed by atoms with Gasteiger partial charge in [0, 0.05) is 37.8 Å². The molecule has 26 heavy (non-hydrogen) atoms. The van der Waals surface area contributed by atoms with Crippen LogP contribution in [0.3, 0.4) is 0 Å². The molecule has 3 rings (SSSR count). The first kappa shape index (κ1) is 19.3. The van der Waals surface area contributed by atoms with Gasteiger partial charge in [-0.25, -0.2) is 4.98 Å². The van der Waals surface area contributed by atoms with E-state index in [2.05, 4.69) is 22.1 Å². The summed E-state index contributed by atoms with van der Waals surface area (Å²) in [6.45, 7) is 5.26. The van der Waals surface area contributed by atoms with Gasteiger partial charge in [0.25, 0.3) is 0 Å². The Labute approximate surface area is 154 Å². The van der Waals surface area contributed by atoms with Gasteiger partial charge in [0.1, 0.15) is 11.6 Å².